The van der Waals surface area contributed by atoms with Crippen molar-refractivity contribution in [3.63, 3.8) is 0 Å². The molecule has 172 valence electrons. The van der Waals surface area contributed by atoms with Gasteiger partial charge in [0, 0.05) is 5.69 Å². The maximum absolute atomic E-state index is 12.9. The Morgan fingerprint density at radius 3 is 2.39 bits per heavy atom. The van der Waals surface area contributed by atoms with Gasteiger partial charge >= 0.3 is 5.97 Å². The van der Waals surface area contributed by atoms with E-state index < -0.39 is 18.5 Å². The zero-order chi connectivity index (χ0) is 23.7. The van der Waals surface area contributed by atoms with Gasteiger partial charge in [0.05, 0.1) is 23.1 Å². The van der Waals surface area contributed by atoms with Crippen LogP contribution in [0.15, 0.2) is 42.5 Å². The van der Waals surface area contributed by atoms with E-state index in [-0.39, 0.29) is 29.2 Å². The van der Waals surface area contributed by atoms with Gasteiger partial charge in [-0.2, -0.15) is 0 Å². The van der Waals surface area contributed by atoms with E-state index in [1.54, 1.807) is 18.2 Å². The highest BCUT2D eigenvalue weighted by atomic mass is 16.5. The molecule has 1 heterocycles. The van der Waals surface area contributed by atoms with Crippen molar-refractivity contribution in [1.29, 1.82) is 0 Å². The Hall–Kier alpha value is -3.48. The minimum absolute atomic E-state index is 0.157. The molecule has 0 spiro atoms. The Bertz CT molecular complexity index is 1110. The summed E-state index contributed by atoms with van der Waals surface area (Å²) in [7, 11) is 0. The number of amides is 3. The number of carbonyl (C=O) groups excluding carboxylic acids is 4. The van der Waals surface area contributed by atoms with Crippen molar-refractivity contribution in [2.75, 3.05) is 16.8 Å². The molecule has 1 saturated heterocycles. The molecule has 0 unspecified atom stereocenters. The molecule has 1 N–H and O–H groups in total. The summed E-state index contributed by atoms with van der Waals surface area (Å²) in [5.74, 6) is -1.45. The quantitative estimate of drug-likeness (QED) is 0.551. The number of carbonyl (C=O) groups is 4. The van der Waals surface area contributed by atoms with E-state index in [0.717, 1.165) is 30.4 Å². The smallest absolute Gasteiger partial charge is 0.338 e. The van der Waals surface area contributed by atoms with Crippen LogP contribution in [0.2, 0.25) is 0 Å². The van der Waals surface area contributed by atoms with Crippen molar-refractivity contribution in [2.24, 2.45) is 17.8 Å². The van der Waals surface area contributed by atoms with Crippen molar-refractivity contribution in [3.05, 3.63) is 59.2 Å². The lowest BCUT2D eigenvalue weighted by Gasteiger charge is -2.25. The number of benzene rings is 2. The molecule has 4 rings (SSSR count). The first-order valence-corrected chi connectivity index (χ1v) is 11.3. The first-order valence-electron chi connectivity index (χ1n) is 11.3. The standard InChI is InChI=1S/C26H28N2O5/c1-15-5-11-22(17(3)12-15)27-23(29)14-33-26(32)18-6-8-19(9-7-18)28-24(30)20-10-4-16(2)13-21(20)25(28)31/h5-9,11-12,16,20-21H,4,10,13-14H2,1-3H3,(H,27,29)/t16-,20+,21-/m0/s1. The molecule has 2 aliphatic rings. The van der Waals surface area contributed by atoms with Crippen LogP contribution in [-0.2, 0) is 19.1 Å². The second-order valence-electron chi connectivity index (χ2n) is 9.13. The Labute approximate surface area is 193 Å². The molecule has 1 aliphatic carbocycles. The fourth-order valence-electron chi connectivity index (χ4n) is 4.75. The van der Waals surface area contributed by atoms with E-state index in [1.165, 1.54) is 17.0 Å². The van der Waals surface area contributed by atoms with E-state index in [1.807, 2.05) is 26.0 Å². The minimum atomic E-state index is -0.654. The maximum atomic E-state index is 12.9. The van der Waals surface area contributed by atoms with Crippen molar-refractivity contribution in [1.82, 2.24) is 0 Å². The Morgan fingerprint density at radius 1 is 1.00 bits per heavy atom. The number of aryl methyl sites for hydroxylation is 2. The van der Waals surface area contributed by atoms with E-state index in [0.29, 0.717) is 17.3 Å². The lowest BCUT2D eigenvalue weighted by Crippen LogP contribution is -2.30. The first kappa shape index (κ1) is 22.7. The molecule has 1 aliphatic heterocycles. The number of imide groups is 1. The number of nitrogens with one attached hydrogen (secondary N) is 1. The molecule has 3 amide bonds. The zero-order valence-electron chi connectivity index (χ0n) is 19.1. The van der Waals surface area contributed by atoms with E-state index in [9.17, 15) is 19.2 Å². The second-order valence-corrected chi connectivity index (χ2v) is 9.13. The predicted octanol–water partition coefficient (Wildman–Crippen LogP) is 4.02. The minimum Gasteiger partial charge on any atom is -0.452 e. The van der Waals surface area contributed by atoms with Gasteiger partial charge in [0.15, 0.2) is 6.61 Å². The number of fused-ring (bicyclic) bond motifs is 1. The number of hydrogen-bond donors (Lipinski definition) is 1. The van der Waals surface area contributed by atoms with Crippen LogP contribution in [0.3, 0.4) is 0 Å². The van der Waals surface area contributed by atoms with Gasteiger partial charge in [-0.3, -0.25) is 19.3 Å². The fourth-order valence-corrected chi connectivity index (χ4v) is 4.75. The number of esters is 1. The number of hydrogen-bond acceptors (Lipinski definition) is 5. The number of anilines is 2. The SMILES string of the molecule is Cc1ccc(NC(=O)COC(=O)c2ccc(N3C(=O)[C@H]4C[C@@H](C)CC[C@H]4C3=O)cc2)c(C)c1. The summed E-state index contributed by atoms with van der Waals surface area (Å²) in [5, 5.41) is 2.73. The molecule has 7 heteroatoms. The molecular formula is C26H28N2O5. The Balaban J connectivity index is 1.36. The molecule has 1 saturated carbocycles. The third-order valence-electron chi connectivity index (χ3n) is 6.54. The van der Waals surface area contributed by atoms with Crippen molar-refractivity contribution in [3.8, 4) is 0 Å². The van der Waals surface area contributed by atoms with E-state index in [4.69, 9.17) is 4.74 Å². The molecule has 33 heavy (non-hydrogen) atoms. The summed E-state index contributed by atoms with van der Waals surface area (Å²) in [6.45, 7) is 5.55. The molecule has 3 atom stereocenters. The molecular weight excluding hydrogens is 420 g/mol. The molecule has 7 nitrogen and oxygen atoms in total. The number of nitrogens with zero attached hydrogens (tertiary/aromatic N) is 1. The van der Waals surface area contributed by atoms with Gasteiger partial charge in [0.2, 0.25) is 11.8 Å². The normalized spacial score (nSPS) is 22.2. The van der Waals surface area contributed by atoms with Gasteiger partial charge in [-0.15, -0.1) is 0 Å². The lowest BCUT2D eigenvalue weighted by atomic mass is 9.76. The van der Waals surface area contributed by atoms with Crippen LogP contribution in [0, 0.1) is 31.6 Å². The van der Waals surface area contributed by atoms with Crippen LogP contribution in [0.1, 0.15) is 47.7 Å². The summed E-state index contributed by atoms with van der Waals surface area (Å²) >= 11 is 0. The van der Waals surface area contributed by atoms with Gasteiger partial charge in [0.25, 0.3) is 5.91 Å². The van der Waals surface area contributed by atoms with Crippen molar-refractivity contribution < 1.29 is 23.9 Å². The highest BCUT2D eigenvalue weighted by molar-refractivity contribution is 6.22. The average molecular weight is 449 g/mol. The van der Waals surface area contributed by atoms with Crippen molar-refractivity contribution in [2.45, 2.75) is 40.0 Å². The second kappa shape index (κ2) is 9.17. The first-order chi connectivity index (χ1) is 15.7. The van der Waals surface area contributed by atoms with Crippen LogP contribution < -0.4 is 10.2 Å². The molecule has 0 radical (unpaired) electrons. The monoisotopic (exact) mass is 448 g/mol. The van der Waals surface area contributed by atoms with Gasteiger partial charge in [-0.25, -0.2) is 4.79 Å². The molecule has 2 aromatic carbocycles. The molecule has 2 aromatic rings. The summed E-state index contributed by atoms with van der Waals surface area (Å²) in [5.41, 5.74) is 3.37. The highest BCUT2D eigenvalue weighted by Crippen LogP contribution is 2.42. The van der Waals surface area contributed by atoms with Gasteiger partial charge in [-0.1, -0.05) is 24.6 Å². The topological polar surface area (TPSA) is 92.8 Å². The maximum Gasteiger partial charge on any atom is 0.338 e. The van der Waals surface area contributed by atoms with Crippen molar-refractivity contribution >= 4 is 35.1 Å². The van der Waals surface area contributed by atoms with Crippen LogP contribution in [0.25, 0.3) is 0 Å². The lowest BCUT2D eigenvalue weighted by molar-refractivity contribution is -0.122. The van der Waals surface area contributed by atoms with Crippen LogP contribution >= 0.6 is 0 Å². The van der Waals surface area contributed by atoms with Crippen LogP contribution in [0.4, 0.5) is 11.4 Å². The van der Waals surface area contributed by atoms with E-state index >= 15 is 0 Å². The van der Waals surface area contributed by atoms with Gasteiger partial charge in [0.1, 0.15) is 0 Å². The summed E-state index contributed by atoms with van der Waals surface area (Å²) in [6, 6.07) is 11.8. The summed E-state index contributed by atoms with van der Waals surface area (Å²) in [4.78, 5) is 51.4. The van der Waals surface area contributed by atoms with Crippen LogP contribution in [0.5, 0.6) is 0 Å². The van der Waals surface area contributed by atoms with Gasteiger partial charge < -0.3 is 10.1 Å². The van der Waals surface area contributed by atoms with E-state index in [2.05, 4.69) is 12.2 Å². The third kappa shape index (κ3) is 4.67. The molecule has 2 fully saturated rings. The fraction of sp³-hybridized carbons (Fsp3) is 0.385. The third-order valence-corrected chi connectivity index (χ3v) is 6.54. The molecule has 0 bridgehead atoms. The largest absolute Gasteiger partial charge is 0.452 e. The Kier molecular flexibility index (Phi) is 6.31. The predicted molar refractivity (Wildman–Crippen MR) is 124 cm³/mol. The zero-order valence-corrected chi connectivity index (χ0v) is 19.1. The van der Waals surface area contributed by atoms with Gasteiger partial charge in [-0.05, 0) is 74.9 Å². The molecule has 0 aromatic heterocycles. The number of rotatable bonds is 5. The summed E-state index contributed by atoms with van der Waals surface area (Å²) in [6.07, 6.45) is 2.43. The number of ether oxygens (including phenoxy) is 1. The summed E-state index contributed by atoms with van der Waals surface area (Å²) < 4.78 is 5.12. The van der Waals surface area contributed by atoms with Crippen LogP contribution in [-0.4, -0.2) is 30.3 Å². The highest BCUT2D eigenvalue weighted by Gasteiger charge is 2.49. The Morgan fingerprint density at radius 2 is 1.70 bits per heavy atom. The average Bonchev–Trinajstić information content (AvgIpc) is 3.03.